The van der Waals surface area contributed by atoms with E-state index in [1.807, 2.05) is 22.7 Å². The van der Waals surface area contributed by atoms with Gasteiger partial charge in [-0.15, -0.1) is 22.7 Å². The Kier molecular flexibility index (Phi) is 5.39. The van der Waals surface area contributed by atoms with Crippen molar-refractivity contribution in [2.24, 2.45) is 0 Å². The number of benzene rings is 7. The summed E-state index contributed by atoms with van der Waals surface area (Å²) in [5.74, 6) is 0. The van der Waals surface area contributed by atoms with E-state index in [1.165, 1.54) is 90.1 Å². The summed E-state index contributed by atoms with van der Waals surface area (Å²) >= 11 is 3.78. The zero-order valence-electron chi connectivity index (χ0n) is 24.2. The number of rotatable bonds is 3. The van der Waals surface area contributed by atoms with E-state index >= 15 is 0 Å². The van der Waals surface area contributed by atoms with Crippen molar-refractivity contribution in [3.8, 4) is 27.9 Å². The van der Waals surface area contributed by atoms with Gasteiger partial charge in [-0.1, -0.05) is 109 Å². The number of fused-ring (bicyclic) bond motifs is 9. The highest BCUT2D eigenvalue weighted by Crippen LogP contribution is 2.44. The highest BCUT2D eigenvalue weighted by molar-refractivity contribution is 7.26. The van der Waals surface area contributed by atoms with Crippen molar-refractivity contribution >= 4 is 84.8 Å². The number of hydrogen-bond acceptors (Lipinski definition) is 2. The molecule has 45 heavy (non-hydrogen) atoms. The number of thiophene rings is 2. The number of aromatic nitrogens is 1. The fraction of sp³-hybridized carbons (Fsp3) is 0. The van der Waals surface area contributed by atoms with Gasteiger partial charge in [0.15, 0.2) is 0 Å². The number of nitrogens with zero attached hydrogens (tertiary/aromatic N) is 1. The first kappa shape index (κ1) is 25.1. The summed E-state index contributed by atoms with van der Waals surface area (Å²) in [6.07, 6.45) is 0. The highest BCUT2D eigenvalue weighted by Gasteiger charge is 2.19. The first-order valence-electron chi connectivity index (χ1n) is 15.3. The molecule has 3 heterocycles. The van der Waals surface area contributed by atoms with Gasteiger partial charge in [0.05, 0.1) is 21.4 Å². The largest absolute Gasteiger partial charge is 0.308 e. The van der Waals surface area contributed by atoms with Crippen molar-refractivity contribution < 1.29 is 0 Å². The van der Waals surface area contributed by atoms with E-state index in [2.05, 4.69) is 156 Å². The third kappa shape index (κ3) is 3.72. The summed E-state index contributed by atoms with van der Waals surface area (Å²) < 4.78 is 7.82. The Balaban J connectivity index is 1.29. The number of hydrogen-bond donors (Lipinski definition) is 0. The van der Waals surface area contributed by atoms with E-state index in [1.54, 1.807) is 0 Å². The average Bonchev–Trinajstić information content (AvgIpc) is 3.78. The van der Waals surface area contributed by atoms with Gasteiger partial charge in [0.2, 0.25) is 0 Å². The van der Waals surface area contributed by atoms with E-state index < -0.39 is 0 Å². The van der Waals surface area contributed by atoms with Crippen LogP contribution in [0.2, 0.25) is 0 Å². The molecule has 0 bridgehead atoms. The maximum Gasteiger partial charge on any atom is 0.0640 e. The molecule has 7 aromatic carbocycles. The molecule has 3 heteroatoms. The van der Waals surface area contributed by atoms with Gasteiger partial charge in [0, 0.05) is 46.4 Å². The molecule has 0 amide bonds. The standard InChI is InChI=1S/C42H25NS2/c1-2-10-26(11-3-1)27-20-22-36-34(24-27)35-25-28(29-14-8-15-32-30-12-4-6-18-39(30)44-41(29)32)21-23-37(35)43(36)38-17-9-16-33-31-13-5-7-19-40(31)45-42(33)38/h1-25H. The zero-order chi connectivity index (χ0) is 29.5. The normalized spacial score (nSPS) is 12.0. The van der Waals surface area contributed by atoms with Gasteiger partial charge >= 0.3 is 0 Å². The zero-order valence-corrected chi connectivity index (χ0v) is 25.8. The molecule has 0 aliphatic heterocycles. The fourth-order valence-corrected chi connectivity index (χ4v) is 9.59. The quantitative estimate of drug-likeness (QED) is 0.188. The SMILES string of the molecule is c1ccc(-c2ccc3c(c2)c2cc(-c4cccc5c4sc4ccccc45)ccc2n3-c2cccc3c2sc2ccccc23)cc1. The molecule has 0 spiro atoms. The van der Waals surface area contributed by atoms with Crippen LogP contribution < -0.4 is 0 Å². The topological polar surface area (TPSA) is 4.93 Å². The third-order valence-electron chi connectivity index (χ3n) is 9.21. The minimum absolute atomic E-state index is 1.23. The predicted molar refractivity (Wildman–Crippen MR) is 197 cm³/mol. The van der Waals surface area contributed by atoms with Gasteiger partial charge in [-0.25, -0.2) is 0 Å². The maximum atomic E-state index is 2.49. The molecule has 0 radical (unpaired) electrons. The van der Waals surface area contributed by atoms with Crippen LogP contribution in [-0.4, -0.2) is 4.57 Å². The molecule has 10 rings (SSSR count). The predicted octanol–water partition coefficient (Wildman–Crippen LogP) is 12.9. The maximum absolute atomic E-state index is 2.49. The van der Waals surface area contributed by atoms with Crippen LogP contribution in [0.3, 0.4) is 0 Å². The molecule has 0 aliphatic carbocycles. The molecule has 0 aliphatic rings. The molecular weight excluding hydrogens is 583 g/mol. The summed E-state index contributed by atoms with van der Waals surface area (Å²) in [6.45, 7) is 0. The third-order valence-corrected chi connectivity index (χ3v) is 11.6. The van der Waals surface area contributed by atoms with Crippen LogP contribution in [-0.2, 0) is 0 Å². The molecule has 0 atom stereocenters. The van der Waals surface area contributed by atoms with Gasteiger partial charge in [0.1, 0.15) is 0 Å². The Morgan fingerprint density at radius 1 is 0.356 bits per heavy atom. The lowest BCUT2D eigenvalue weighted by Crippen LogP contribution is -1.94. The molecule has 1 nitrogen and oxygen atoms in total. The van der Waals surface area contributed by atoms with Crippen molar-refractivity contribution in [2.75, 3.05) is 0 Å². The Morgan fingerprint density at radius 3 is 1.64 bits per heavy atom. The summed E-state index contributed by atoms with van der Waals surface area (Å²) in [5.41, 5.74) is 8.71. The minimum Gasteiger partial charge on any atom is -0.308 e. The van der Waals surface area contributed by atoms with Gasteiger partial charge in [-0.3, -0.25) is 0 Å². The molecule has 0 saturated carbocycles. The molecule has 210 valence electrons. The van der Waals surface area contributed by atoms with Gasteiger partial charge in [0.25, 0.3) is 0 Å². The van der Waals surface area contributed by atoms with Crippen LogP contribution in [0.5, 0.6) is 0 Å². The van der Waals surface area contributed by atoms with Crippen molar-refractivity contribution in [1.82, 2.24) is 4.57 Å². The Labute approximate surface area is 267 Å². The first-order valence-corrected chi connectivity index (χ1v) is 16.9. The van der Waals surface area contributed by atoms with E-state index in [0.717, 1.165) is 0 Å². The lowest BCUT2D eigenvalue weighted by Gasteiger charge is -2.10. The van der Waals surface area contributed by atoms with Gasteiger partial charge in [-0.2, -0.15) is 0 Å². The van der Waals surface area contributed by atoms with Gasteiger partial charge < -0.3 is 4.57 Å². The Bertz CT molecular complexity index is 2760. The van der Waals surface area contributed by atoms with Crippen LogP contribution >= 0.6 is 22.7 Å². The second-order valence-corrected chi connectivity index (χ2v) is 13.8. The Morgan fingerprint density at radius 2 is 0.911 bits per heavy atom. The van der Waals surface area contributed by atoms with E-state index in [-0.39, 0.29) is 0 Å². The smallest absolute Gasteiger partial charge is 0.0640 e. The van der Waals surface area contributed by atoms with Crippen molar-refractivity contribution in [1.29, 1.82) is 0 Å². The average molecular weight is 608 g/mol. The molecule has 10 aromatic rings. The second kappa shape index (κ2) is 9.64. The summed E-state index contributed by atoms with van der Waals surface area (Å²) in [5, 5.41) is 7.85. The molecule has 0 fully saturated rings. The monoisotopic (exact) mass is 607 g/mol. The van der Waals surface area contributed by atoms with E-state index in [4.69, 9.17) is 0 Å². The van der Waals surface area contributed by atoms with E-state index in [9.17, 15) is 0 Å². The van der Waals surface area contributed by atoms with Crippen LogP contribution in [0.25, 0.3) is 90.1 Å². The summed E-state index contributed by atoms with van der Waals surface area (Å²) in [7, 11) is 0. The van der Waals surface area contributed by atoms with Crippen LogP contribution in [0, 0.1) is 0 Å². The van der Waals surface area contributed by atoms with Crippen molar-refractivity contribution in [3.05, 3.63) is 152 Å². The fourth-order valence-electron chi connectivity index (χ4n) is 7.14. The summed E-state index contributed by atoms with van der Waals surface area (Å²) in [6, 6.07) is 55.8. The minimum atomic E-state index is 1.23. The van der Waals surface area contributed by atoms with Crippen LogP contribution in [0.1, 0.15) is 0 Å². The lowest BCUT2D eigenvalue weighted by atomic mass is 9.99. The van der Waals surface area contributed by atoms with Crippen molar-refractivity contribution in [3.63, 3.8) is 0 Å². The van der Waals surface area contributed by atoms with Gasteiger partial charge in [-0.05, 0) is 64.7 Å². The molecule has 0 saturated heterocycles. The van der Waals surface area contributed by atoms with Crippen LogP contribution in [0.15, 0.2) is 152 Å². The summed E-state index contributed by atoms with van der Waals surface area (Å²) in [4.78, 5) is 0. The molecule has 0 unspecified atom stereocenters. The Hall–Kier alpha value is -5.22. The highest BCUT2D eigenvalue weighted by atomic mass is 32.1. The first-order chi connectivity index (χ1) is 22.3. The van der Waals surface area contributed by atoms with E-state index in [0.29, 0.717) is 0 Å². The molecule has 0 N–H and O–H groups in total. The van der Waals surface area contributed by atoms with Crippen LogP contribution in [0.4, 0.5) is 0 Å². The molecular formula is C42H25NS2. The molecule has 3 aromatic heterocycles. The van der Waals surface area contributed by atoms with Crippen molar-refractivity contribution in [2.45, 2.75) is 0 Å². The lowest BCUT2D eigenvalue weighted by molar-refractivity contribution is 1.20. The second-order valence-electron chi connectivity index (χ2n) is 11.7.